The first-order valence-corrected chi connectivity index (χ1v) is 11.8. The Morgan fingerprint density at radius 1 is 1.20 bits per heavy atom. The first-order chi connectivity index (χ1) is 16.8. The Labute approximate surface area is 209 Å². The first-order valence-electron chi connectivity index (χ1n) is 11.0. The lowest BCUT2D eigenvalue weighted by Crippen LogP contribution is -2.28. The van der Waals surface area contributed by atoms with Crippen molar-refractivity contribution in [2.75, 3.05) is 19.0 Å². The lowest BCUT2D eigenvalue weighted by molar-refractivity contribution is -0.139. The van der Waals surface area contributed by atoms with E-state index < -0.39 is 0 Å². The van der Waals surface area contributed by atoms with Gasteiger partial charge in [-0.3, -0.25) is 15.1 Å². The maximum Gasteiger partial charge on any atom is 0.321 e. The minimum Gasteiger partial charge on any atom is -0.469 e. The van der Waals surface area contributed by atoms with Gasteiger partial charge in [-0.1, -0.05) is 54.4 Å². The third-order valence-electron chi connectivity index (χ3n) is 4.82. The summed E-state index contributed by atoms with van der Waals surface area (Å²) in [4.78, 5) is 32.8. The number of nitrogens with zero attached hydrogens (tertiary/aromatic N) is 2. The molecule has 2 heterocycles. The fourth-order valence-corrected chi connectivity index (χ4v) is 4.25. The highest BCUT2D eigenvalue weighted by atomic mass is 32.1. The molecule has 0 unspecified atom stereocenters. The van der Waals surface area contributed by atoms with Crippen LogP contribution in [0.5, 0.6) is 0 Å². The van der Waals surface area contributed by atoms with E-state index >= 15 is 0 Å². The number of allylic oxidation sites excluding steroid dienone is 5. The molecule has 0 aliphatic carbocycles. The van der Waals surface area contributed by atoms with Crippen molar-refractivity contribution in [2.24, 2.45) is 0 Å². The molecule has 3 aromatic rings. The Hall–Kier alpha value is -4.04. The van der Waals surface area contributed by atoms with E-state index in [-0.39, 0.29) is 18.4 Å². The number of methoxy groups -OCH3 is 1. The van der Waals surface area contributed by atoms with Crippen molar-refractivity contribution < 1.29 is 14.3 Å². The lowest BCUT2D eigenvalue weighted by atomic mass is 9.98. The third-order valence-corrected chi connectivity index (χ3v) is 5.84. The number of anilines is 1. The van der Waals surface area contributed by atoms with Gasteiger partial charge in [-0.25, -0.2) is 9.78 Å². The number of esters is 1. The molecule has 0 aliphatic rings. The molecule has 0 saturated carbocycles. The second-order valence-corrected chi connectivity index (χ2v) is 8.78. The Bertz CT molecular complexity index is 1320. The van der Waals surface area contributed by atoms with Crippen molar-refractivity contribution in [3.05, 3.63) is 84.6 Å². The van der Waals surface area contributed by atoms with Crippen LogP contribution in [0.1, 0.15) is 25.8 Å². The number of amides is 2. The monoisotopic (exact) mass is 488 g/mol. The highest BCUT2D eigenvalue weighted by molar-refractivity contribution is 7.22. The van der Waals surface area contributed by atoms with Gasteiger partial charge in [-0.05, 0) is 54.8 Å². The van der Waals surface area contributed by atoms with E-state index in [2.05, 4.69) is 33.8 Å². The van der Waals surface area contributed by atoms with Crippen LogP contribution >= 0.6 is 11.3 Å². The summed E-state index contributed by atoms with van der Waals surface area (Å²) in [7, 11) is 1.35. The molecule has 0 atom stereocenters. The predicted molar refractivity (Wildman–Crippen MR) is 143 cm³/mol. The summed E-state index contributed by atoms with van der Waals surface area (Å²) < 4.78 is 5.63. The number of ether oxygens (including phenoxy) is 1. The molecule has 0 saturated heterocycles. The number of rotatable bonds is 9. The van der Waals surface area contributed by atoms with Gasteiger partial charge in [0.25, 0.3) is 0 Å². The van der Waals surface area contributed by atoms with Crippen LogP contribution in [0, 0.1) is 0 Å². The Morgan fingerprint density at radius 2 is 2.00 bits per heavy atom. The van der Waals surface area contributed by atoms with Crippen molar-refractivity contribution in [3.63, 3.8) is 0 Å². The number of fused-ring (bicyclic) bond motifs is 1. The van der Waals surface area contributed by atoms with E-state index in [1.807, 2.05) is 56.3 Å². The van der Waals surface area contributed by atoms with Gasteiger partial charge in [-0.2, -0.15) is 0 Å². The number of urea groups is 1. The van der Waals surface area contributed by atoms with E-state index in [4.69, 9.17) is 4.74 Å². The molecule has 2 amide bonds. The molecule has 0 radical (unpaired) electrons. The fraction of sp³-hybridized carbons (Fsp3) is 0.185. The maximum absolute atomic E-state index is 12.1. The van der Waals surface area contributed by atoms with E-state index in [0.29, 0.717) is 17.2 Å². The average molecular weight is 489 g/mol. The smallest absolute Gasteiger partial charge is 0.321 e. The van der Waals surface area contributed by atoms with Gasteiger partial charge < -0.3 is 10.1 Å². The quantitative estimate of drug-likeness (QED) is 0.279. The summed E-state index contributed by atoms with van der Waals surface area (Å²) in [5.41, 5.74) is 5.66. The molecule has 0 aliphatic heterocycles. The zero-order chi connectivity index (χ0) is 25.4. The van der Waals surface area contributed by atoms with E-state index in [1.165, 1.54) is 18.4 Å². The molecule has 35 heavy (non-hydrogen) atoms. The summed E-state index contributed by atoms with van der Waals surface area (Å²) in [6, 6.07) is 9.43. The van der Waals surface area contributed by atoms with Crippen LogP contribution in [0.15, 0.2) is 79.1 Å². The van der Waals surface area contributed by atoms with E-state index in [1.54, 1.807) is 12.3 Å². The Balaban J connectivity index is 2.11. The zero-order valence-corrected chi connectivity index (χ0v) is 20.9. The highest BCUT2D eigenvalue weighted by Gasteiger charge is 2.15. The maximum atomic E-state index is 12.1. The molecule has 7 nitrogen and oxygen atoms in total. The third kappa shape index (κ3) is 6.97. The van der Waals surface area contributed by atoms with Crippen molar-refractivity contribution in [1.82, 2.24) is 15.3 Å². The number of carbonyl (C=O) groups is 2. The fourth-order valence-electron chi connectivity index (χ4n) is 3.28. The van der Waals surface area contributed by atoms with Crippen LogP contribution in [0.4, 0.5) is 9.93 Å². The largest absolute Gasteiger partial charge is 0.469 e. The van der Waals surface area contributed by atoms with Gasteiger partial charge in [-0.15, -0.1) is 0 Å². The van der Waals surface area contributed by atoms with E-state index in [9.17, 15) is 9.59 Å². The van der Waals surface area contributed by atoms with Gasteiger partial charge in [0.1, 0.15) is 0 Å². The summed E-state index contributed by atoms with van der Waals surface area (Å²) >= 11 is 1.39. The molecule has 3 rings (SSSR count). The number of benzene rings is 1. The molecule has 1 aromatic carbocycles. The van der Waals surface area contributed by atoms with E-state index in [0.717, 1.165) is 38.2 Å². The number of hydrogen-bond acceptors (Lipinski definition) is 6. The minimum absolute atomic E-state index is 0.104. The molecular weight excluding hydrogens is 460 g/mol. The lowest BCUT2D eigenvalue weighted by Gasteiger charge is -2.09. The number of carbonyl (C=O) groups excluding carboxylic acids is 2. The summed E-state index contributed by atoms with van der Waals surface area (Å²) in [6.07, 6.45) is 7.48. The standard InChI is InChI=1S/C27H28N4O3S/c1-6-28-26(33)31-27-30-23-16-20(15-21(25(23)35-27)22-9-7-8-12-29-22)19(13-17(2)3)11-10-18(4)14-24(32)34-5/h7-13,15-16H,2,4,6,14H2,1,3,5H3,(H2,28,30,31,33). The molecular formula is C27H28N4O3S. The summed E-state index contributed by atoms with van der Waals surface area (Å²) in [6.45, 7) is 12.2. The van der Waals surface area contributed by atoms with Crippen molar-refractivity contribution in [3.8, 4) is 11.3 Å². The number of nitrogens with one attached hydrogen (secondary N) is 2. The Morgan fingerprint density at radius 3 is 2.66 bits per heavy atom. The first kappa shape index (κ1) is 25.6. The summed E-state index contributed by atoms with van der Waals surface area (Å²) in [5, 5.41) is 6.00. The van der Waals surface area contributed by atoms with Crippen molar-refractivity contribution >= 4 is 44.3 Å². The number of hydrogen-bond donors (Lipinski definition) is 2. The van der Waals surface area contributed by atoms with Crippen LogP contribution in [-0.4, -0.2) is 35.6 Å². The Kier molecular flexibility index (Phi) is 8.69. The topological polar surface area (TPSA) is 93.2 Å². The van der Waals surface area contributed by atoms with Gasteiger partial charge >= 0.3 is 12.0 Å². The molecule has 0 spiro atoms. The van der Waals surface area contributed by atoms with Crippen LogP contribution in [0.3, 0.4) is 0 Å². The number of thiazole rings is 1. The van der Waals surface area contributed by atoms with Crippen molar-refractivity contribution in [1.29, 1.82) is 0 Å². The minimum atomic E-state index is -0.349. The molecule has 180 valence electrons. The highest BCUT2D eigenvalue weighted by Crippen LogP contribution is 2.37. The van der Waals surface area contributed by atoms with Crippen LogP contribution in [0.2, 0.25) is 0 Å². The van der Waals surface area contributed by atoms with Gasteiger partial charge in [0, 0.05) is 18.3 Å². The second kappa shape index (κ2) is 11.9. The molecule has 8 heteroatoms. The van der Waals surface area contributed by atoms with Crippen LogP contribution in [-0.2, 0) is 9.53 Å². The SMILES string of the molecule is C=C(C)C=C(C=CC(=C)CC(=O)OC)c1cc(-c2ccccn2)c2sc(NC(=O)NCC)nc2c1. The van der Waals surface area contributed by atoms with Gasteiger partial charge in [0.2, 0.25) is 0 Å². The van der Waals surface area contributed by atoms with Gasteiger partial charge in [0.15, 0.2) is 5.13 Å². The normalized spacial score (nSPS) is 11.5. The second-order valence-electron chi connectivity index (χ2n) is 7.78. The van der Waals surface area contributed by atoms with Crippen molar-refractivity contribution in [2.45, 2.75) is 20.3 Å². The molecule has 0 bridgehead atoms. The van der Waals surface area contributed by atoms with Crippen LogP contribution < -0.4 is 10.6 Å². The molecule has 2 aromatic heterocycles. The zero-order valence-electron chi connectivity index (χ0n) is 20.1. The predicted octanol–water partition coefficient (Wildman–Crippen LogP) is 6.13. The average Bonchev–Trinajstić information content (AvgIpc) is 3.23. The van der Waals surface area contributed by atoms with Gasteiger partial charge in [0.05, 0.1) is 29.4 Å². The number of pyridine rings is 1. The molecule has 2 N–H and O–H groups in total. The number of aromatic nitrogens is 2. The summed E-state index contributed by atoms with van der Waals surface area (Å²) in [5.74, 6) is -0.349. The van der Waals surface area contributed by atoms with Crippen LogP contribution in [0.25, 0.3) is 27.0 Å². The molecule has 0 fully saturated rings.